The Balaban J connectivity index is 1.94. The molecule has 0 radical (unpaired) electrons. The van der Waals surface area contributed by atoms with Gasteiger partial charge in [0.2, 0.25) is 0 Å². The minimum atomic E-state index is 0.488. The van der Waals surface area contributed by atoms with Crippen LogP contribution in [0.1, 0.15) is 35.8 Å². The molecular formula is C14H12BrCl2N3. The molecule has 1 aromatic heterocycles. The van der Waals surface area contributed by atoms with Crippen molar-refractivity contribution in [1.82, 2.24) is 9.97 Å². The van der Waals surface area contributed by atoms with Crippen LogP contribution in [-0.2, 0) is 6.42 Å². The van der Waals surface area contributed by atoms with E-state index in [-0.39, 0.29) is 0 Å². The molecule has 0 aliphatic heterocycles. The molecule has 1 saturated carbocycles. The van der Waals surface area contributed by atoms with Crippen LogP contribution in [0.5, 0.6) is 0 Å². The number of rotatable bonds is 3. The predicted octanol–water partition coefficient (Wildman–Crippen LogP) is 4.60. The highest BCUT2D eigenvalue weighted by molar-refractivity contribution is 9.10. The number of nitrogens with two attached hydrogens (primary N) is 1. The molecule has 1 heterocycles. The van der Waals surface area contributed by atoms with Crippen molar-refractivity contribution in [2.45, 2.75) is 25.2 Å². The fraction of sp³-hybridized carbons (Fsp3) is 0.286. The summed E-state index contributed by atoms with van der Waals surface area (Å²) in [6.45, 7) is 0. The Labute approximate surface area is 135 Å². The Hall–Kier alpha value is -0.840. The van der Waals surface area contributed by atoms with Crippen LogP contribution >= 0.6 is 39.1 Å². The number of nitrogens with zero attached hydrogens (tertiary/aromatic N) is 2. The fourth-order valence-electron chi connectivity index (χ4n) is 2.07. The maximum Gasteiger partial charge on any atom is 0.141 e. The lowest BCUT2D eigenvalue weighted by Crippen LogP contribution is -2.05. The van der Waals surface area contributed by atoms with Crippen molar-refractivity contribution in [2.24, 2.45) is 0 Å². The molecular weight excluding hydrogens is 361 g/mol. The van der Waals surface area contributed by atoms with E-state index in [4.69, 9.17) is 28.9 Å². The third-order valence-electron chi connectivity index (χ3n) is 3.28. The molecule has 0 unspecified atom stereocenters. The topological polar surface area (TPSA) is 51.8 Å². The van der Waals surface area contributed by atoms with Crippen LogP contribution in [0, 0.1) is 0 Å². The van der Waals surface area contributed by atoms with Crippen LogP contribution in [0.2, 0.25) is 10.0 Å². The van der Waals surface area contributed by atoms with E-state index < -0.39 is 0 Å². The van der Waals surface area contributed by atoms with Gasteiger partial charge < -0.3 is 5.73 Å². The van der Waals surface area contributed by atoms with Crippen LogP contribution in [0.15, 0.2) is 22.7 Å². The highest BCUT2D eigenvalue weighted by Crippen LogP contribution is 2.43. The number of hydrogen-bond acceptors (Lipinski definition) is 3. The minimum absolute atomic E-state index is 0.488. The molecule has 2 aromatic rings. The van der Waals surface area contributed by atoms with Gasteiger partial charge in [-0.3, -0.25) is 0 Å². The number of hydrogen-bond donors (Lipinski definition) is 1. The van der Waals surface area contributed by atoms with Gasteiger partial charge in [0.15, 0.2) is 0 Å². The van der Waals surface area contributed by atoms with Gasteiger partial charge in [-0.25, -0.2) is 9.97 Å². The van der Waals surface area contributed by atoms with Crippen LogP contribution in [0.4, 0.5) is 5.82 Å². The normalized spacial score (nSPS) is 14.6. The zero-order chi connectivity index (χ0) is 14.3. The van der Waals surface area contributed by atoms with Gasteiger partial charge in [0, 0.05) is 22.4 Å². The maximum absolute atomic E-state index is 6.18. The summed E-state index contributed by atoms with van der Waals surface area (Å²) >= 11 is 15.6. The van der Waals surface area contributed by atoms with Gasteiger partial charge in [-0.1, -0.05) is 29.3 Å². The Morgan fingerprint density at radius 1 is 1.25 bits per heavy atom. The lowest BCUT2D eigenvalue weighted by Gasteiger charge is -2.09. The van der Waals surface area contributed by atoms with Gasteiger partial charge in [-0.2, -0.15) is 0 Å². The van der Waals surface area contributed by atoms with Gasteiger partial charge >= 0.3 is 0 Å². The number of halogens is 3. The van der Waals surface area contributed by atoms with E-state index in [0.717, 1.165) is 28.6 Å². The number of benzene rings is 1. The molecule has 2 N–H and O–H groups in total. The summed E-state index contributed by atoms with van der Waals surface area (Å²) in [7, 11) is 0. The average molecular weight is 373 g/mol. The summed E-state index contributed by atoms with van der Waals surface area (Å²) < 4.78 is 0.825. The fourth-order valence-corrected chi connectivity index (χ4v) is 3.05. The molecule has 0 amide bonds. The molecule has 104 valence electrons. The second kappa shape index (κ2) is 5.51. The molecule has 3 nitrogen and oxygen atoms in total. The standard InChI is InChI=1S/C14H12BrCl2N3/c15-12-13(7-1-2-7)19-11(20-14(12)18)5-8-3-4-9(16)6-10(8)17/h3-4,6-7H,1-2,5H2,(H2,18,19,20). The molecule has 0 saturated heterocycles. The lowest BCUT2D eigenvalue weighted by molar-refractivity contribution is 0.895. The average Bonchev–Trinajstić information content (AvgIpc) is 3.21. The van der Waals surface area contributed by atoms with Gasteiger partial charge in [0.1, 0.15) is 11.6 Å². The van der Waals surface area contributed by atoms with Gasteiger partial charge in [-0.05, 0) is 46.5 Å². The quantitative estimate of drug-likeness (QED) is 0.856. The minimum Gasteiger partial charge on any atom is -0.383 e. The number of aromatic nitrogens is 2. The van der Waals surface area contributed by atoms with E-state index in [0.29, 0.717) is 34.0 Å². The highest BCUT2D eigenvalue weighted by atomic mass is 79.9. The predicted molar refractivity (Wildman–Crippen MR) is 85.4 cm³/mol. The summed E-state index contributed by atoms with van der Waals surface area (Å²) in [5.41, 5.74) is 7.91. The molecule has 0 spiro atoms. The van der Waals surface area contributed by atoms with E-state index in [2.05, 4.69) is 25.9 Å². The first-order chi connectivity index (χ1) is 9.54. The molecule has 0 atom stereocenters. The molecule has 1 aliphatic carbocycles. The summed E-state index contributed by atoms with van der Waals surface area (Å²) in [5.74, 6) is 1.69. The number of anilines is 1. The van der Waals surface area contributed by atoms with Gasteiger partial charge in [0.25, 0.3) is 0 Å². The van der Waals surface area contributed by atoms with Crippen LogP contribution in [0.3, 0.4) is 0 Å². The van der Waals surface area contributed by atoms with Crippen molar-refractivity contribution in [3.8, 4) is 0 Å². The van der Waals surface area contributed by atoms with E-state index in [1.165, 1.54) is 0 Å². The summed E-state index contributed by atoms with van der Waals surface area (Å²) in [6, 6.07) is 5.43. The van der Waals surface area contributed by atoms with E-state index in [1.54, 1.807) is 6.07 Å². The van der Waals surface area contributed by atoms with E-state index in [1.807, 2.05) is 12.1 Å². The van der Waals surface area contributed by atoms with Crippen molar-refractivity contribution in [3.05, 3.63) is 49.8 Å². The second-order valence-corrected chi connectivity index (χ2v) is 6.55. The zero-order valence-electron chi connectivity index (χ0n) is 10.5. The van der Waals surface area contributed by atoms with E-state index in [9.17, 15) is 0 Å². The van der Waals surface area contributed by atoms with Crippen molar-refractivity contribution >= 4 is 44.9 Å². The maximum atomic E-state index is 6.18. The first-order valence-corrected chi connectivity index (χ1v) is 7.85. The molecule has 1 aliphatic rings. The molecule has 0 bridgehead atoms. The first kappa shape index (κ1) is 14.1. The van der Waals surface area contributed by atoms with Crippen molar-refractivity contribution < 1.29 is 0 Å². The summed E-state index contributed by atoms with van der Waals surface area (Å²) in [5, 5.41) is 1.24. The molecule has 6 heteroatoms. The van der Waals surface area contributed by atoms with Crippen LogP contribution < -0.4 is 5.73 Å². The van der Waals surface area contributed by atoms with Gasteiger partial charge in [-0.15, -0.1) is 0 Å². The lowest BCUT2D eigenvalue weighted by atomic mass is 10.1. The largest absolute Gasteiger partial charge is 0.383 e. The number of nitrogen functional groups attached to an aromatic ring is 1. The van der Waals surface area contributed by atoms with E-state index >= 15 is 0 Å². The van der Waals surface area contributed by atoms with Crippen molar-refractivity contribution in [2.75, 3.05) is 5.73 Å². The molecule has 1 aromatic carbocycles. The van der Waals surface area contributed by atoms with Crippen LogP contribution in [-0.4, -0.2) is 9.97 Å². The Bertz CT molecular complexity index is 672. The Morgan fingerprint density at radius 2 is 2.00 bits per heavy atom. The molecule has 1 fully saturated rings. The molecule has 20 heavy (non-hydrogen) atoms. The SMILES string of the molecule is Nc1nc(Cc2ccc(Cl)cc2Cl)nc(C2CC2)c1Br. The second-order valence-electron chi connectivity index (χ2n) is 4.91. The van der Waals surface area contributed by atoms with Crippen LogP contribution in [0.25, 0.3) is 0 Å². The third kappa shape index (κ3) is 2.92. The highest BCUT2D eigenvalue weighted by Gasteiger charge is 2.29. The third-order valence-corrected chi connectivity index (χ3v) is 4.68. The zero-order valence-corrected chi connectivity index (χ0v) is 13.6. The van der Waals surface area contributed by atoms with Crippen molar-refractivity contribution in [3.63, 3.8) is 0 Å². The Kier molecular flexibility index (Phi) is 3.89. The summed E-state index contributed by atoms with van der Waals surface area (Å²) in [6.07, 6.45) is 2.87. The van der Waals surface area contributed by atoms with Gasteiger partial charge in [0.05, 0.1) is 10.2 Å². The summed E-state index contributed by atoms with van der Waals surface area (Å²) in [4.78, 5) is 8.95. The van der Waals surface area contributed by atoms with Crippen molar-refractivity contribution in [1.29, 1.82) is 0 Å². The smallest absolute Gasteiger partial charge is 0.141 e. The first-order valence-electron chi connectivity index (χ1n) is 6.30. The Morgan fingerprint density at radius 3 is 2.65 bits per heavy atom. The molecule has 3 rings (SSSR count). The monoisotopic (exact) mass is 371 g/mol.